The van der Waals surface area contributed by atoms with Crippen LogP contribution in [0.1, 0.15) is 34.1 Å². The summed E-state index contributed by atoms with van der Waals surface area (Å²) in [6, 6.07) is 0.148. The minimum atomic E-state index is -0.444. The van der Waals surface area contributed by atoms with Gasteiger partial charge in [-0.2, -0.15) is 0 Å². The van der Waals surface area contributed by atoms with Gasteiger partial charge < -0.3 is 25.4 Å². The summed E-state index contributed by atoms with van der Waals surface area (Å²) in [6.45, 7) is 13.0. The first-order valence-corrected chi connectivity index (χ1v) is 8.97. The number of nitrogens with one attached hydrogen (secondary N) is 1. The number of rotatable bonds is 7. The number of hydrogen-bond acceptors (Lipinski definition) is 5. The van der Waals surface area contributed by atoms with Crippen LogP contribution in [0.15, 0.2) is 4.99 Å². The van der Waals surface area contributed by atoms with Crippen LogP contribution in [-0.4, -0.2) is 86.5 Å². The van der Waals surface area contributed by atoms with Crippen LogP contribution in [0.4, 0.5) is 4.79 Å². The molecule has 1 unspecified atom stereocenters. The largest absolute Gasteiger partial charge is 0.444 e. The molecule has 1 saturated heterocycles. The first kappa shape index (κ1) is 21.5. The minimum absolute atomic E-state index is 0.148. The topological polar surface area (TPSA) is 92.4 Å². The summed E-state index contributed by atoms with van der Waals surface area (Å²) in [6.07, 6.45) is 0.716. The third-order valence-corrected chi connectivity index (χ3v) is 3.75. The molecular weight excluding hydrogens is 322 g/mol. The minimum Gasteiger partial charge on any atom is -0.444 e. The number of piperazine rings is 1. The summed E-state index contributed by atoms with van der Waals surface area (Å²) in [5, 5.41) is 3.09. The van der Waals surface area contributed by atoms with Crippen LogP contribution < -0.4 is 11.1 Å². The predicted molar refractivity (Wildman–Crippen MR) is 99.8 cm³/mol. The van der Waals surface area contributed by atoms with E-state index >= 15 is 0 Å². The summed E-state index contributed by atoms with van der Waals surface area (Å²) in [5.41, 5.74) is 5.39. The highest BCUT2D eigenvalue weighted by Crippen LogP contribution is 2.11. The number of ether oxygens (including phenoxy) is 2. The lowest BCUT2D eigenvalue weighted by molar-refractivity contribution is 0.0145. The van der Waals surface area contributed by atoms with Crippen molar-refractivity contribution in [1.82, 2.24) is 15.1 Å². The van der Waals surface area contributed by atoms with Crippen molar-refractivity contribution in [2.75, 3.05) is 53.0 Å². The maximum absolute atomic E-state index is 12.0. The maximum Gasteiger partial charge on any atom is 0.410 e. The molecule has 146 valence electrons. The number of amides is 1. The van der Waals surface area contributed by atoms with Gasteiger partial charge in [-0.05, 0) is 34.1 Å². The van der Waals surface area contributed by atoms with Crippen LogP contribution in [-0.2, 0) is 9.47 Å². The predicted octanol–water partition coefficient (Wildman–Crippen LogP) is 0.868. The molecule has 1 amide bonds. The number of methoxy groups -OCH3 is 1. The van der Waals surface area contributed by atoms with E-state index in [9.17, 15) is 4.79 Å². The Morgan fingerprint density at radius 2 is 1.92 bits per heavy atom. The van der Waals surface area contributed by atoms with E-state index in [0.29, 0.717) is 32.2 Å². The molecule has 1 aliphatic heterocycles. The van der Waals surface area contributed by atoms with Crippen LogP contribution in [0.2, 0.25) is 0 Å². The lowest BCUT2D eigenvalue weighted by Gasteiger charge is -2.35. The fourth-order valence-electron chi connectivity index (χ4n) is 2.56. The van der Waals surface area contributed by atoms with Crippen LogP contribution in [0.3, 0.4) is 0 Å². The molecule has 0 spiro atoms. The van der Waals surface area contributed by atoms with E-state index in [2.05, 4.69) is 15.2 Å². The molecule has 0 aliphatic carbocycles. The quantitative estimate of drug-likeness (QED) is 0.399. The highest BCUT2D eigenvalue weighted by molar-refractivity contribution is 5.78. The second kappa shape index (κ2) is 10.5. The molecule has 1 aliphatic rings. The Morgan fingerprint density at radius 3 is 2.48 bits per heavy atom. The highest BCUT2D eigenvalue weighted by atomic mass is 16.6. The normalized spacial score (nSPS) is 18.1. The van der Waals surface area contributed by atoms with E-state index in [-0.39, 0.29) is 12.1 Å². The van der Waals surface area contributed by atoms with E-state index in [4.69, 9.17) is 15.2 Å². The SMILES string of the molecule is COCC(C)NC(N)=NCCCN1CCN(C(=O)OC(C)(C)C)CC1. The zero-order valence-electron chi connectivity index (χ0n) is 16.4. The van der Waals surface area contributed by atoms with Gasteiger partial charge in [0.15, 0.2) is 5.96 Å². The average molecular weight is 357 g/mol. The number of nitrogens with zero attached hydrogens (tertiary/aromatic N) is 3. The molecule has 1 rings (SSSR count). The third kappa shape index (κ3) is 9.50. The molecule has 0 aromatic rings. The maximum atomic E-state index is 12.0. The van der Waals surface area contributed by atoms with E-state index in [0.717, 1.165) is 26.1 Å². The van der Waals surface area contributed by atoms with Gasteiger partial charge in [0, 0.05) is 52.4 Å². The molecule has 1 heterocycles. The van der Waals surface area contributed by atoms with Crippen molar-refractivity contribution in [3.63, 3.8) is 0 Å². The summed E-state index contributed by atoms with van der Waals surface area (Å²) in [5.74, 6) is 0.458. The van der Waals surface area contributed by atoms with Gasteiger partial charge in [0.25, 0.3) is 0 Å². The van der Waals surface area contributed by atoms with Crippen LogP contribution in [0.5, 0.6) is 0 Å². The number of carbonyl (C=O) groups is 1. The lowest BCUT2D eigenvalue weighted by atomic mass is 10.2. The van der Waals surface area contributed by atoms with Gasteiger partial charge in [-0.1, -0.05) is 0 Å². The van der Waals surface area contributed by atoms with E-state index in [1.54, 1.807) is 12.0 Å². The van der Waals surface area contributed by atoms with Gasteiger partial charge in [0.1, 0.15) is 5.60 Å². The van der Waals surface area contributed by atoms with Crippen molar-refractivity contribution in [2.45, 2.75) is 45.8 Å². The van der Waals surface area contributed by atoms with Crippen LogP contribution in [0, 0.1) is 0 Å². The van der Waals surface area contributed by atoms with E-state index in [1.807, 2.05) is 27.7 Å². The Morgan fingerprint density at radius 1 is 1.28 bits per heavy atom. The zero-order chi connectivity index (χ0) is 18.9. The van der Waals surface area contributed by atoms with E-state index < -0.39 is 5.60 Å². The number of carbonyl (C=O) groups excluding carboxylic acids is 1. The van der Waals surface area contributed by atoms with Gasteiger partial charge >= 0.3 is 6.09 Å². The molecule has 0 radical (unpaired) electrons. The van der Waals surface area contributed by atoms with Gasteiger partial charge in [-0.3, -0.25) is 9.89 Å². The van der Waals surface area contributed by atoms with Crippen molar-refractivity contribution in [3.05, 3.63) is 0 Å². The van der Waals surface area contributed by atoms with Gasteiger partial charge in [0.2, 0.25) is 0 Å². The Balaban J connectivity index is 2.19. The second-order valence-corrected chi connectivity index (χ2v) is 7.43. The molecule has 25 heavy (non-hydrogen) atoms. The number of nitrogens with two attached hydrogens (primary N) is 1. The first-order chi connectivity index (χ1) is 11.7. The third-order valence-electron chi connectivity index (χ3n) is 3.75. The summed E-state index contributed by atoms with van der Waals surface area (Å²) in [7, 11) is 1.66. The first-order valence-electron chi connectivity index (χ1n) is 8.97. The fraction of sp³-hybridized carbons (Fsp3) is 0.882. The summed E-state index contributed by atoms with van der Waals surface area (Å²) >= 11 is 0. The summed E-state index contributed by atoms with van der Waals surface area (Å²) < 4.78 is 10.5. The fourth-order valence-corrected chi connectivity index (χ4v) is 2.56. The number of hydrogen-bond donors (Lipinski definition) is 2. The molecule has 0 saturated carbocycles. The van der Waals surface area contributed by atoms with Gasteiger partial charge in [-0.15, -0.1) is 0 Å². The molecule has 8 heteroatoms. The molecule has 1 fully saturated rings. The Kier molecular flexibility index (Phi) is 8.99. The van der Waals surface area contributed by atoms with Crippen molar-refractivity contribution >= 4 is 12.1 Å². The van der Waals surface area contributed by atoms with Crippen molar-refractivity contribution in [3.8, 4) is 0 Å². The van der Waals surface area contributed by atoms with E-state index in [1.165, 1.54) is 0 Å². The van der Waals surface area contributed by atoms with Crippen molar-refractivity contribution in [2.24, 2.45) is 10.7 Å². The highest BCUT2D eigenvalue weighted by Gasteiger charge is 2.25. The van der Waals surface area contributed by atoms with Crippen molar-refractivity contribution in [1.29, 1.82) is 0 Å². The monoisotopic (exact) mass is 357 g/mol. The Hall–Kier alpha value is -1.54. The molecule has 3 N–H and O–H groups in total. The van der Waals surface area contributed by atoms with Gasteiger partial charge in [0.05, 0.1) is 6.61 Å². The Labute approximate surface area is 151 Å². The Bertz CT molecular complexity index is 428. The molecule has 0 bridgehead atoms. The average Bonchev–Trinajstić information content (AvgIpc) is 2.50. The number of guanidine groups is 1. The molecule has 1 atom stereocenters. The number of aliphatic imine (C=N–C) groups is 1. The smallest absolute Gasteiger partial charge is 0.410 e. The summed E-state index contributed by atoms with van der Waals surface area (Å²) in [4.78, 5) is 20.5. The zero-order valence-corrected chi connectivity index (χ0v) is 16.4. The molecule has 8 nitrogen and oxygen atoms in total. The van der Waals surface area contributed by atoms with Crippen LogP contribution in [0.25, 0.3) is 0 Å². The lowest BCUT2D eigenvalue weighted by Crippen LogP contribution is -2.50. The van der Waals surface area contributed by atoms with Gasteiger partial charge in [-0.25, -0.2) is 4.79 Å². The molecule has 0 aromatic heterocycles. The standard InChI is InChI=1S/C17H35N5O3/c1-14(13-24-5)20-15(18)19-7-6-8-21-9-11-22(12-10-21)16(23)25-17(2,3)4/h14H,6-13H2,1-5H3,(H3,18,19,20). The second-order valence-electron chi connectivity index (χ2n) is 7.43. The molecule has 0 aromatic carbocycles. The van der Waals surface area contributed by atoms with Crippen molar-refractivity contribution < 1.29 is 14.3 Å². The van der Waals surface area contributed by atoms with Crippen LogP contribution >= 0.6 is 0 Å². The molecular formula is C17H35N5O3.